The molecule has 0 bridgehead atoms. The number of ketones is 1. The lowest BCUT2D eigenvalue weighted by atomic mass is 9.85. The van der Waals surface area contributed by atoms with Crippen LogP contribution < -0.4 is 10.6 Å². The molecule has 2 aromatic carbocycles. The van der Waals surface area contributed by atoms with Gasteiger partial charge in [0.15, 0.2) is 5.82 Å². The number of thiophene rings is 1. The van der Waals surface area contributed by atoms with Crippen LogP contribution in [0.3, 0.4) is 0 Å². The fourth-order valence-electron chi connectivity index (χ4n) is 8.19. The van der Waals surface area contributed by atoms with Crippen molar-refractivity contribution >= 4 is 63.5 Å². The lowest BCUT2D eigenvalue weighted by Gasteiger charge is -2.35. The van der Waals surface area contributed by atoms with E-state index in [2.05, 4.69) is 39.7 Å². The van der Waals surface area contributed by atoms with Crippen LogP contribution in [-0.2, 0) is 35.2 Å². The average Bonchev–Trinajstić information content (AvgIpc) is 4.05. The molecule has 2 aliphatic heterocycles. The SMILES string of the molecule is Cc1ncsc1-c1ccc(CNC(=O)[C@@H]2C[C@@H](O)CN2C(=O)[C@@H](NC(=O)COCCOCCCC(=O)C[C@@H]2N=C(c3ccc(Cl)cc3)c3c(sc(C)c3C)-n3c(C)nnc32)C(C)(C)C)cc1. The van der Waals surface area contributed by atoms with Gasteiger partial charge in [-0.1, -0.05) is 68.8 Å². The minimum Gasteiger partial charge on any atom is -0.391 e. The number of ether oxygens (including phenoxy) is 2. The third-order valence-corrected chi connectivity index (χ3v) is 14.3. The maximum absolute atomic E-state index is 14.0. The third kappa shape index (κ3) is 11.3. The van der Waals surface area contributed by atoms with Crippen LogP contribution in [0.1, 0.15) is 97.0 Å². The normalized spacial score (nSPS) is 17.4. The monoisotopic (exact) mass is 956 g/mol. The minimum absolute atomic E-state index is 0.0172. The van der Waals surface area contributed by atoms with Crippen molar-refractivity contribution in [3.05, 3.63) is 104 Å². The molecule has 1 saturated heterocycles. The van der Waals surface area contributed by atoms with E-state index < -0.39 is 41.5 Å². The van der Waals surface area contributed by atoms with E-state index in [0.717, 1.165) is 54.9 Å². The van der Waals surface area contributed by atoms with Crippen LogP contribution in [-0.4, -0.2) is 110 Å². The average molecular weight is 958 g/mol. The molecule has 18 heteroatoms. The highest BCUT2D eigenvalue weighted by Gasteiger charge is 2.44. The molecule has 15 nitrogen and oxygen atoms in total. The molecule has 4 atom stereocenters. The number of Topliss-reactive ketones (excluding diaryl/α,β-unsaturated/α-hetero) is 1. The smallest absolute Gasteiger partial charge is 0.246 e. The number of hydrogen-bond donors (Lipinski definition) is 3. The highest BCUT2D eigenvalue weighted by Crippen LogP contribution is 2.40. The standard InChI is InChI=1S/C48H57ClN8O7S2/c1-27-29(3)66-47-40(27)41(32-14-16-34(49)17-15-32)52-37(44-55-54-30(4)57(44)47)21-35(58)9-8-18-63-19-20-64-25-39(60)53-43(48(5,6)7)46(62)56-24-36(59)22-38(56)45(61)50-23-31-10-12-33(13-11-31)42-28(2)51-26-65-42/h10-17,26,36-38,43,59H,8-9,18-25H2,1-7H3,(H,50,61)(H,53,60)/t36-,37+,38+,43-/m1/s1. The van der Waals surface area contributed by atoms with E-state index >= 15 is 0 Å². The number of likely N-dealkylation sites (tertiary alicyclic amines) is 1. The first-order valence-corrected chi connectivity index (χ1v) is 24.2. The summed E-state index contributed by atoms with van der Waals surface area (Å²) in [6.07, 6.45) is 0.112. The Morgan fingerprint density at radius 2 is 1.67 bits per heavy atom. The predicted octanol–water partition coefficient (Wildman–Crippen LogP) is 6.81. The van der Waals surface area contributed by atoms with Crippen LogP contribution in [0.5, 0.6) is 0 Å². The lowest BCUT2D eigenvalue weighted by molar-refractivity contribution is -0.144. The molecular formula is C48H57ClN8O7S2. The Kier molecular flexibility index (Phi) is 15.7. The molecule has 3 amide bonds. The Labute approximate surface area is 398 Å². The zero-order chi connectivity index (χ0) is 47.3. The number of aryl methyl sites for hydroxylation is 3. The van der Waals surface area contributed by atoms with Gasteiger partial charge in [-0.2, -0.15) is 0 Å². The van der Waals surface area contributed by atoms with Gasteiger partial charge in [-0.15, -0.1) is 32.9 Å². The van der Waals surface area contributed by atoms with E-state index in [4.69, 9.17) is 26.1 Å². The second-order valence-corrected chi connectivity index (χ2v) is 20.4. The largest absolute Gasteiger partial charge is 0.391 e. The van der Waals surface area contributed by atoms with E-state index in [9.17, 15) is 24.3 Å². The molecule has 7 rings (SSSR count). The van der Waals surface area contributed by atoms with Crippen molar-refractivity contribution in [1.82, 2.24) is 35.3 Å². The van der Waals surface area contributed by atoms with Gasteiger partial charge in [-0.3, -0.25) is 28.7 Å². The number of nitrogens with one attached hydrogen (secondary N) is 2. The number of aromatic nitrogens is 4. The van der Waals surface area contributed by atoms with E-state index in [0.29, 0.717) is 23.9 Å². The molecule has 66 heavy (non-hydrogen) atoms. The van der Waals surface area contributed by atoms with Gasteiger partial charge in [0.1, 0.15) is 41.3 Å². The Hall–Kier alpha value is -5.17. The van der Waals surface area contributed by atoms with Crippen LogP contribution >= 0.6 is 34.3 Å². The first kappa shape index (κ1) is 48.8. The topological polar surface area (TPSA) is 190 Å². The maximum Gasteiger partial charge on any atom is 0.246 e. The number of carbonyl (C=O) groups is 4. The molecular weight excluding hydrogens is 900 g/mol. The van der Waals surface area contributed by atoms with Gasteiger partial charge in [0, 0.05) is 60.0 Å². The number of hydrogen-bond acceptors (Lipinski definition) is 13. The molecule has 1 fully saturated rings. The number of halogens is 1. The van der Waals surface area contributed by atoms with Crippen molar-refractivity contribution < 1.29 is 33.8 Å². The number of aliphatic hydroxyl groups excluding tert-OH is 1. The fraction of sp³-hybridized carbons (Fsp3) is 0.458. The van der Waals surface area contributed by atoms with Crippen LogP contribution in [0.25, 0.3) is 15.4 Å². The van der Waals surface area contributed by atoms with Gasteiger partial charge >= 0.3 is 0 Å². The lowest BCUT2D eigenvalue weighted by Crippen LogP contribution is -2.58. The van der Waals surface area contributed by atoms with Crippen molar-refractivity contribution in [1.29, 1.82) is 0 Å². The number of β-amino-alcohol motifs (C(OH)–C–C–N with tert-alkyl or cyclic N) is 1. The second kappa shape index (κ2) is 21.2. The Balaban J connectivity index is 0.852. The van der Waals surface area contributed by atoms with E-state index in [1.807, 2.05) is 93.2 Å². The first-order valence-electron chi connectivity index (χ1n) is 22.1. The molecule has 5 aromatic rings. The van der Waals surface area contributed by atoms with Gasteiger partial charge in [-0.05, 0) is 68.4 Å². The molecule has 350 valence electrons. The summed E-state index contributed by atoms with van der Waals surface area (Å²) in [7, 11) is 0. The van der Waals surface area contributed by atoms with Crippen LogP contribution in [0, 0.1) is 33.1 Å². The summed E-state index contributed by atoms with van der Waals surface area (Å²) in [6, 6.07) is 13.0. The molecule has 0 aliphatic carbocycles. The number of aliphatic imine (C=N–C) groups is 1. The molecule has 5 heterocycles. The summed E-state index contributed by atoms with van der Waals surface area (Å²) in [4.78, 5) is 67.1. The summed E-state index contributed by atoms with van der Waals surface area (Å²) in [6.45, 7) is 14.0. The molecule has 3 aromatic heterocycles. The quantitative estimate of drug-likeness (QED) is 0.0787. The van der Waals surface area contributed by atoms with Gasteiger partial charge in [0.2, 0.25) is 17.7 Å². The number of rotatable bonds is 18. The molecule has 0 spiro atoms. The van der Waals surface area contributed by atoms with Crippen molar-refractivity contribution in [3.8, 4) is 15.4 Å². The zero-order valence-corrected chi connectivity index (χ0v) is 40.7. The van der Waals surface area contributed by atoms with Crippen LogP contribution in [0.2, 0.25) is 5.02 Å². The van der Waals surface area contributed by atoms with Crippen molar-refractivity contribution in [2.24, 2.45) is 10.4 Å². The predicted molar refractivity (Wildman–Crippen MR) is 255 cm³/mol. The fourth-order valence-corrected chi connectivity index (χ4v) is 10.3. The van der Waals surface area contributed by atoms with Gasteiger partial charge in [0.05, 0.1) is 41.1 Å². The number of thiazole rings is 1. The van der Waals surface area contributed by atoms with Crippen LogP contribution in [0.15, 0.2) is 59.0 Å². The van der Waals surface area contributed by atoms with E-state index in [1.165, 1.54) is 9.78 Å². The van der Waals surface area contributed by atoms with Crippen molar-refractivity contribution in [2.75, 3.05) is 33.0 Å². The summed E-state index contributed by atoms with van der Waals surface area (Å²) in [5.41, 5.74) is 7.80. The summed E-state index contributed by atoms with van der Waals surface area (Å²) >= 11 is 9.47. The van der Waals surface area contributed by atoms with Crippen molar-refractivity contribution in [3.63, 3.8) is 0 Å². The second-order valence-electron chi connectivity index (χ2n) is 17.9. The molecule has 0 saturated carbocycles. The number of benzene rings is 2. The minimum atomic E-state index is -0.986. The highest BCUT2D eigenvalue weighted by molar-refractivity contribution is 7.15. The van der Waals surface area contributed by atoms with Crippen LogP contribution in [0.4, 0.5) is 0 Å². The van der Waals surface area contributed by atoms with E-state index in [1.54, 1.807) is 22.7 Å². The summed E-state index contributed by atoms with van der Waals surface area (Å²) < 4.78 is 13.4. The van der Waals surface area contributed by atoms with Gasteiger partial charge < -0.3 is 30.1 Å². The number of carbonyl (C=O) groups excluding carboxylic acids is 4. The van der Waals surface area contributed by atoms with Gasteiger partial charge in [0.25, 0.3) is 0 Å². The Bertz CT molecular complexity index is 2580. The zero-order valence-electron chi connectivity index (χ0n) is 38.4. The van der Waals surface area contributed by atoms with Gasteiger partial charge in [-0.25, -0.2) is 4.98 Å². The third-order valence-electron chi connectivity index (χ3n) is 11.8. The Morgan fingerprint density at radius 1 is 0.955 bits per heavy atom. The highest BCUT2D eigenvalue weighted by atomic mass is 35.5. The summed E-state index contributed by atoms with van der Waals surface area (Å²) in [5.74, 6) is 0.0300. The molecule has 0 radical (unpaired) electrons. The number of nitrogens with zero attached hydrogens (tertiary/aromatic N) is 6. The maximum atomic E-state index is 14.0. The molecule has 2 aliphatic rings. The first-order chi connectivity index (χ1) is 31.5. The Morgan fingerprint density at radius 3 is 2.36 bits per heavy atom. The number of amides is 3. The number of aliphatic hydroxyl groups is 1. The number of fused-ring (bicyclic) bond motifs is 3. The van der Waals surface area contributed by atoms with E-state index in [-0.39, 0.29) is 63.9 Å². The van der Waals surface area contributed by atoms with Crippen molar-refractivity contribution in [2.45, 2.75) is 105 Å². The summed E-state index contributed by atoms with van der Waals surface area (Å²) in [5, 5.41) is 26.8. The molecule has 3 N–H and O–H groups in total. The molecule has 0 unspecified atom stereocenters.